The number of para-hydroxylation sites is 1. The molecule has 1 aliphatic rings. The summed E-state index contributed by atoms with van der Waals surface area (Å²) in [5.41, 5.74) is 1.83. The number of imidazole rings is 1. The number of fused-ring (bicyclic) bond motifs is 1. The van der Waals surface area contributed by atoms with E-state index in [2.05, 4.69) is 37.2 Å². The SMILES string of the molecule is CC(Cl)c1nc2c(F)cccc2n1CC1C(C)(C)C1(C)C. The van der Waals surface area contributed by atoms with Gasteiger partial charge in [-0.15, -0.1) is 11.6 Å². The fourth-order valence-electron chi connectivity index (χ4n) is 3.60. The van der Waals surface area contributed by atoms with Crippen LogP contribution in [0.3, 0.4) is 0 Å². The molecule has 21 heavy (non-hydrogen) atoms. The van der Waals surface area contributed by atoms with Gasteiger partial charge in [0.25, 0.3) is 0 Å². The predicted octanol–water partition coefficient (Wildman–Crippen LogP) is 5.16. The molecule has 0 bridgehead atoms. The molecule has 0 N–H and O–H groups in total. The van der Waals surface area contributed by atoms with E-state index in [9.17, 15) is 4.39 Å². The Balaban J connectivity index is 2.10. The highest BCUT2D eigenvalue weighted by Crippen LogP contribution is 2.69. The Morgan fingerprint density at radius 2 is 1.90 bits per heavy atom. The molecule has 1 unspecified atom stereocenters. The van der Waals surface area contributed by atoms with E-state index in [1.54, 1.807) is 6.07 Å². The van der Waals surface area contributed by atoms with E-state index < -0.39 is 0 Å². The molecular weight excluding hydrogens is 287 g/mol. The first-order valence-electron chi connectivity index (χ1n) is 7.46. The molecule has 1 fully saturated rings. The van der Waals surface area contributed by atoms with Gasteiger partial charge in [-0.1, -0.05) is 33.8 Å². The highest BCUT2D eigenvalue weighted by molar-refractivity contribution is 6.20. The number of benzene rings is 1. The lowest BCUT2D eigenvalue weighted by Crippen LogP contribution is -2.09. The van der Waals surface area contributed by atoms with Gasteiger partial charge in [0.15, 0.2) is 5.82 Å². The quantitative estimate of drug-likeness (QED) is 0.716. The molecule has 1 atom stereocenters. The summed E-state index contributed by atoms with van der Waals surface area (Å²) in [5, 5.41) is -0.234. The van der Waals surface area contributed by atoms with Gasteiger partial charge < -0.3 is 4.57 Å². The minimum atomic E-state index is -0.279. The van der Waals surface area contributed by atoms with Crippen molar-refractivity contribution in [2.45, 2.75) is 46.5 Å². The minimum absolute atomic E-state index is 0.234. The van der Waals surface area contributed by atoms with Crippen LogP contribution in [-0.4, -0.2) is 9.55 Å². The third kappa shape index (κ3) is 2.01. The minimum Gasteiger partial charge on any atom is -0.326 e. The third-order valence-electron chi connectivity index (χ3n) is 5.80. The first-order valence-corrected chi connectivity index (χ1v) is 7.90. The van der Waals surface area contributed by atoms with Gasteiger partial charge in [-0.3, -0.25) is 0 Å². The van der Waals surface area contributed by atoms with E-state index in [-0.39, 0.29) is 22.0 Å². The second-order valence-electron chi connectivity index (χ2n) is 7.30. The Labute approximate surface area is 130 Å². The molecule has 2 nitrogen and oxygen atoms in total. The lowest BCUT2D eigenvalue weighted by atomic mass is 10.0. The molecule has 0 saturated heterocycles. The average molecular weight is 309 g/mol. The maximum atomic E-state index is 14.0. The van der Waals surface area contributed by atoms with Crippen LogP contribution in [-0.2, 0) is 6.54 Å². The average Bonchev–Trinajstić information content (AvgIpc) is 2.72. The van der Waals surface area contributed by atoms with Crippen molar-refractivity contribution in [3.05, 3.63) is 29.8 Å². The molecule has 0 spiro atoms. The first kappa shape index (κ1) is 14.8. The van der Waals surface area contributed by atoms with Gasteiger partial charge in [0.05, 0.1) is 10.9 Å². The standard InChI is InChI=1S/C17H22ClFN2/c1-10(18)15-20-14-11(19)7-6-8-12(14)21(15)9-13-16(2,3)17(13,4)5/h6-8,10,13H,9H2,1-5H3. The van der Waals surface area contributed by atoms with Crippen LogP contribution in [0, 0.1) is 22.6 Å². The molecule has 0 amide bonds. The van der Waals surface area contributed by atoms with E-state index in [4.69, 9.17) is 11.6 Å². The van der Waals surface area contributed by atoms with Crippen molar-refractivity contribution in [2.24, 2.45) is 16.7 Å². The topological polar surface area (TPSA) is 17.8 Å². The van der Waals surface area contributed by atoms with Crippen molar-refractivity contribution < 1.29 is 4.39 Å². The Hall–Kier alpha value is -1.09. The summed E-state index contributed by atoms with van der Waals surface area (Å²) < 4.78 is 16.1. The highest BCUT2D eigenvalue weighted by Gasteiger charge is 2.64. The van der Waals surface area contributed by atoms with Gasteiger partial charge in [0.1, 0.15) is 11.3 Å². The molecule has 3 rings (SSSR count). The number of hydrogen-bond donors (Lipinski definition) is 0. The smallest absolute Gasteiger partial charge is 0.151 e. The van der Waals surface area contributed by atoms with Crippen LogP contribution >= 0.6 is 11.6 Å². The Morgan fingerprint density at radius 1 is 1.29 bits per heavy atom. The van der Waals surface area contributed by atoms with E-state index in [0.717, 1.165) is 17.9 Å². The molecule has 2 aromatic rings. The van der Waals surface area contributed by atoms with Gasteiger partial charge in [-0.05, 0) is 35.8 Å². The van der Waals surface area contributed by atoms with Crippen molar-refractivity contribution in [1.82, 2.24) is 9.55 Å². The van der Waals surface area contributed by atoms with Crippen LogP contribution in [0.15, 0.2) is 18.2 Å². The van der Waals surface area contributed by atoms with Crippen LogP contribution in [0.1, 0.15) is 45.8 Å². The van der Waals surface area contributed by atoms with Crippen molar-refractivity contribution in [2.75, 3.05) is 0 Å². The molecule has 1 aromatic carbocycles. The summed E-state index contributed by atoms with van der Waals surface area (Å²) in [6.07, 6.45) is 0. The monoisotopic (exact) mass is 308 g/mol. The number of nitrogens with zero attached hydrogens (tertiary/aromatic N) is 2. The second kappa shape index (κ2) is 4.45. The normalized spacial score (nSPS) is 21.7. The molecule has 114 valence electrons. The van der Waals surface area contributed by atoms with E-state index in [1.807, 2.05) is 13.0 Å². The number of rotatable bonds is 3. The maximum absolute atomic E-state index is 14.0. The summed E-state index contributed by atoms with van der Waals surface area (Å²) >= 11 is 6.27. The lowest BCUT2D eigenvalue weighted by molar-refractivity contribution is 0.457. The zero-order valence-electron chi connectivity index (χ0n) is 13.2. The van der Waals surface area contributed by atoms with E-state index >= 15 is 0 Å². The van der Waals surface area contributed by atoms with Gasteiger partial charge >= 0.3 is 0 Å². The summed E-state index contributed by atoms with van der Waals surface area (Å²) in [7, 11) is 0. The second-order valence-corrected chi connectivity index (χ2v) is 7.95. The van der Waals surface area contributed by atoms with Crippen LogP contribution in [0.4, 0.5) is 4.39 Å². The molecule has 1 aliphatic carbocycles. The Bertz CT molecular complexity index is 686. The van der Waals surface area contributed by atoms with Crippen LogP contribution in [0.5, 0.6) is 0 Å². The van der Waals surface area contributed by atoms with Crippen LogP contribution in [0.2, 0.25) is 0 Å². The molecule has 1 saturated carbocycles. The van der Waals surface area contributed by atoms with Gasteiger partial charge in [-0.2, -0.15) is 0 Å². The zero-order valence-corrected chi connectivity index (χ0v) is 14.0. The first-order chi connectivity index (χ1) is 9.68. The maximum Gasteiger partial charge on any atom is 0.151 e. The van der Waals surface area contributed by atoms with Gasteiger partial charge in [0.2, 0.25) is 0 Å². The van der Waals surface area contributed by atoms with E-state index in [0.29, 0.717) is 11.4 Å². The molecule has 0 aliphatic heterocycles. The van der Waals surface area contributed by atoms with E-state index in [1.165, 1.54) is 6.07 Å². The Morgan fingerprint density at radius 3 is 2.43 bits per heavy atom. The fourth-order valence-corrected chi connectivity index (χ4v) is 3.77. The summed E-state index contributed by atoms with van der Waals surface area (Å²) in [4.78, 5) is 4.44. The van der Waals surface area contributed by atoms with Gasteiger partial charge in [-0.25, -0.2) is 9.37 Å². The molecule has 0 radical (unpaired) electrons. The summed E-state index contributed by atoms with van der Waals surface area (Å²) in [6, 6.07) is 5.12. The van der Waals surface area contributed by atoms with Crippen molar-refractivity contribution in [1.29, 1.82) is 0 Å². The fraction of sp³-hybridized carbons (Fsp3) is 0.588. The third-order valence-corrected chi connectivity index (χ3v) is 5.99. The molecular formula is C17H22ClFN2. The molecule has 4 heteroatoms. The predicted molar refractivity (Wildman–Crippen MR) is 85.0 cm³/mol. The van der Waals surface area contributed by atoms with Crippen molar-refractivity contribution in [3.63, 3.8) is 0 Å². The van der Waals surface area contributed by atoms with Gasteiger partial charge in [0, 0.05) is 6.54 Å². The van der Waals surface area contributed by atoms with Crippen LogP contribution in [0.25, 0.3) is 11.0 Å². The molecule has 1 aromatic heterocycles. The number of aromatic nitrogens is 2. The van der Waals surface area contributed by atoms with Crippen molar-refractivity contribution >= 4 is 22.6 Å². The summed E-state index contributed by atoms with van der Waals surface area (Å²) in [5.74, 6) is 1.02. The lowest BCUT2D eigenvalue weighted by Gasteiger charge is -2.12. The number of hydrogen-bond acceptors (Lipinski definition) is 1. The summed E-state index contributed by atoms with van der Waals surface area (Å²) in [6.45, 7) is 11.9. The highest BCUT2D eigenvalue weighted by atomic mass is 35.5. The molecule has 1 heterocycles. The number of alkyl halides is 1. The van der Waals surface area contributed by atoms with Crippen molar-refractivity contribution in [3.8, 4) is 0 Å². The largest absolute Gasteiger partial charge is 0.326 e. The Kier molecular flexibility index (Phi) is 3.14. The number of halogens is 2. The van der Waals surface area contributed by atoms with Crippen LogP contribution < -0.4 is 0 Å². The zero-order chi connectivity index (χ0) is 15.6.